The Kier molecular flexibility index (Phi) is 2.99. The number of fused-ring (bicyclic) bond motifs is 4. The highest BCUT2D eigenvalue weighted by molar-refractivity contribution is 7.22. The van der Waals surface area contributed by atoms with E-state index < -0.39 is 0 Å². The fourth-order valence-electron chi connectivity index (χ4n) is 3.90. The number of ether oxygens (including phenoxy) is 1. The van der Waals surface area contributed by atoms with Gasteiger partial charge in [-0.05, 0) is 12.1 Å². The lowest BCUT2D eigenvalue weighted by molar-refractivity contribution is 0.247. The van der Waals surface area contributed by atoms with E-state index in [0.29, 0.717) is 13.2 Å². The first-order valence-electron chi connectivity index (χ1n) is 8.05. The molecule has 1 aromatic heterocycles. The number of thiazole rings is 1. The molecule has 2 amide bonds. The van der Waals surface area contributed by atoms with Crippen molar-refractivity contribution in [3.63, 3.8) is 0 Å². The molecule has 3 aliphatic heterocycles. The SMILES string of the molecule is C#CCN1C[C@H]2NC(=O)N(c3nc4c5c(ccc4s3)OCC5)[C@H]2C1. The number of urea groups is 1. The molecule has 0 saturated carbocycles. The molecule has 0 bridgehead atoms. The number of nitrogens with zero attached hydrogens (tertiary/aromatic N) is 3. The molecule has 4 heterocycles. The first-order valence-corrected chi connectivity index (χ1v) is 8.87. The molecule has 2 fully saturated rings. The minimum absolute atomic E-state index is 0.0580. The van der Waals surface area contributed by atoms with Crippen molar-refractivity contribution in [2.75, 3.05) is 31.1 Å². The Bertz CT molecular complexity index is 887. The first kappa shape index (κ1) is 14.1. The molecule has 0 aliphatic carbocycles. The van der Waals surface area contributed by atoms with E-state index in [2.05, 4.69) is 16.1 Å². The molecular weight excluding hydrogens is 324 g/mol. The molecule has 122 valence electrons. The maximum Gasteiger partial charge on any atom is 0.324 e. The van der Waals surface area contributed by atoms with Gasteiger partial charge in [-0.25, -0.2) is 9.78 Å². The van der Waals surface area contributed by atoms with Gasteiger partial charge in [0.2, 0.25) is 0 Å². The lowest BCUT2D eigenvalue weighted by atomic mass is 10.1. The highest BCUT2D eigenvalue weighted by Gasteiger charge is 2.47. The zero-order valence-corrected chi connectivity index (χ0v) is 13.8. The number of terminal acetylenes is 1. The summed E-state index contributed by atoms with van der Waals surface area (Å²) in [5, 5.41) is 3.83. The van der Waals surface area contributed by atoms with Crippen molar-refractivity contribution in [2.45, 2.75) is 18.5 Å². The minimum Gasteiger partial charge on any atom is -0.493 e. The van der Waals surface area contributed by atoms with Gasteiger partial charge >= 0.3 is 6.03 Å². The highest BCUT2D eigenvalue weighted by atomic mass is 32.1. The van der Waals surface area contributed by atoms with Gasteiger partial charge in [0.25, 0.3) is 0 Å². The van der Waals surface area contributed by atoms with Crippen molar-refractivity contribution in [3.8, 4) is 18.1 Å². The Hall–Kier alpha value is -2.30. The summed E-state index contributed by atoms with van der Waals surface area (Å²) in [6, 6.07) is 4.19. The van der Waals surface area contributed by atoms with Crippen LogP contribution in [0.25, 0.3) is 10.2 Å². The number of benzene rings is 1. The topological polar surface area (TPSA) is 57.7 Å². The summed E-state index contributed by atoms with van der Waals surface area (Å²) in [6.45, 7) is 2.90. The van der Waals surface area contributed by atoms with Gasteiger partial charge in [-0.2, -0.15) is 0 Å². The number of amides is 2. The zero-order valence-electron chi connectivity index (χ0n) is 13.0. The maximum atomic E-state index is 12.5. The highest BCUT2D eigenvalue weighted by Crippen LogP contribution is 2.39. The molecule has 2 atom stereocenters. The third kappa shape index (κ3) is 1.93. The van der Waals surface area contributed by atoms with Gasteiger partial charge in [0, 0.05) is 25.1 Å². The second-order valence-electron chi connectivity index (χ2n) is 6.38. The molecule has 24 heavy (non-hydrogen) atoms. The Morgan fingerprint density at radius 3 is 3.25 bits per heavy atom. The molecule has 0 spiro atoms. The number of anilines is 1. The summed E-state index contributed by atoms with van der Waals surface area (Å²) in [5.41, 5.74) is 2.13. The number of likely N-dealkylation sites (tertiary alicyclic amines) is 1. The van der Waals surface area contributed by atoms with Crippen LogP contribution in [0.4, 0.5) is 9.93 Å². The van der Waals surface area contributed by atoms with Crippen LogP contribution in [0.5, 0.6) is 5.75 Å². The van der Waals surface area contributed by atoms with E-state index in [0.717, 1.165) is 46.2 Å². The van der Waals surface area contributed by atoms with Gasteiger partial charge in [-0.3, -0.25) is 9.80 Å². The quantitative estimate of drug-likeness (QED) is 0.841. The molecule has 0 unspecified atom stereocenters. The predicted octanol–water partition coefficient (Wildman–Crippen LogP) is 1.45. The van der Waals surface area contributed by atoms with Crippen molar-refractivity contribution in [2.24, 2.45) is 0 Å². The van der Waals surface area contributed by atoms with Crippen LogP contribution in [0, 0.1) is 12.3 Å². The number of carbonyl (C=O) groups is 1. The molecule has 3 aliphatic rings. The van der Waals surface area contributed by atoms with Gasteiger partial charge in [-0.1, -0.05) is 17.3 Å². The monoisotopic (exact) mass is 340 g/mol. The Morgan fingerprint density at radius 2 is 2.38 bits per heavy atom. The summed E-state index contributed by atoms with van der Waals surface area (Å²) >= 11 is 1.57. The van der Waals surface area contributed by atoms with Crippen LogP contribution in [-0.2, 0) is 6.42 Å². The third-order valence-corrected chi connectivity index (χ3v) is 5.99. The van der Waals surface area contributed by atoms with E-state index in [1.165, 1.54) is 0 Å². The second kappa shape index (κ2) is 5.10. The van der Waals surface area contributed by atoms with Crippen LogP contribution < -0.4 is 15.0 Å². The Labute approximate surface area is 143 Å². The lowest BCUT2D eigenvalue weighted by Gasteiger charge is -2.20. The second-order valence-corrected chi connectivity index (χ2v) is 7.38. The van der Waals surface area contributed by atoms with Crippen LogP contribution in [0.3, 0.4) is 0 Å². The molecule has 7 heteroatoms. The van der Waals surface area contributed by atoms with Crippen LogP contribution in [0.15, 0.2) is 12.1 Å². The van der Waals surface area contributed by atoms with Gasteiger partial charge in [0.05, 0.1) is 35.5 Å². The number of hydrogen-bond donors (Lipinski definition) is 1. The van der Waals surface area contributed by atoms with Gasteiger partial charge < -0.3 is 10.1 Å². The van der Waals surface area contributed by atoms with Crippen LogP contribution in [0.1, 0.15) is 5.56 Å². The van der Waals surface area contributed by atoms with Crippen molar-refractivity contribution >= 4 is 32.7 Å². The average molecular weight is 340 g/mol. The number of aromatic nitrogens is 1. The van der Waals surface area contributed by atoms with E-state index in [1.807, 2.05) is 17.0 Å². The molecule has 1 N–H and O–H groups in total. The Balaban J connectivity index is 1.53. The van der Waals surface area contributed by atoms with Crippen molar-refractivity contribution in [1.29, 1.82) is 0 Å². The van der Waals surface area contributed by atoms with Crippen molar-refractivity contribution in [1.82, 2.24) is 15.2 Å². The number of nitrogens with one attached hydrogen (secondary N) is 1. The maximum absolute atomic E-state index is 12.5. The lowest BCUT2D eigenvalue weighted by Crippen LogP contribution is -2.38. The van der Waals surface area contributed by atoms with Crippen LogP contribution in [-0.4, -0.2) is 54.2 Å². The average Bonchev–Trinajstić information content (AvgIpc) is 3.27. The van der Waals surface area contributed by atoms with Crippen molar-refractivity contribution < 1.29 is 9.53 Å². The summed E-state index contributed by atoms with van der Waals surface area (Å²) in [4.78, 5) is 21.3. The third-order valence-electron chi connectivity index (χ3n) is 4.97. The number of hydrogen-bond acceptors (Lipinski definition) is 5. The predicted molar refractivity (Wildman–Crippen MR) is 92.7 cm³/mol. The van der Waals surface area contributed by atoms with Gasteiger partial charge in [0.1, 0.15) is 5.75 Å². The number of carbonyl (C=O) groups excluding carboxylic acids is 1. The number of rotatable bonds is 2. The van der Waals surface area contributed by atoms with Crippen LogP contribution in [0.2, 0.25) is 0 Å². The summed E-state index contributed by atoms with van der Waals surface area (Å²) < 4.78 is 6.72. The van der Waals surface area contributed by atoms with Crippen molar-refractivity contribution in [3.05, 3.63) is 17.7 Å². The fraction of sp³-hybridized carbons (Fsp3) is 0.412. The summed E-state index contributed by atoms with van der Waals surface area (Å²) in [7, 11) is 0. The summed E-state index contributed by atoms with van der Waals surface area (Å²) in [6.07, 6.45) is 6.30. The smallest absolute Gasteiger partial charge is 0.324 e. The van der Waals surface area contributed by atoms with Gasteiger partial charge in [0.15, 0.2) is 5.13 Å². The Morgan fingerprint density at radius 1 is 1.46 bits per heavy atom. The summed E-state index contributed by atoms with van der Waals surface area (Å²) in [5.74, 6) is 3.60. The van der Waals surface area contributed by atoms with Crippen LogP contribution >= 0.6 is 11.3 Å². The van der Waals surface area contributed by atoms with E-state index >= 15 is 0 Å². The minimum atomic E-state index is -0.0580. The van der Waals surface area contributed by atoms with E-state index in [-0.39, 0.29) is 18.1 Å². The standard InChI is InChI=1S/C17H16N4O2S/c1-2-6-20-8-11-12(9-20)21(16(22)18-11)17-19-15-10-5-7-23-13(10)3-4-14(15)24-17/h1,3-4,11-12H,5-9H2,(H,18,22)/t11-,12+/m1/s1. The molecular formula is C17H16N4O2S. The normalized spacial score (nSPS) is 25.5. The molecule has 0 radical (unpaired) electrons. The van der Waals surface area contributed by atoms with Gasteiger partial charge in [-0.15, -0.1) is 6.42 Å². The van der Waals surface area contributed by atoms with E-state index in [4.69, 9.17) is 16.1 Å². The molecule has 6 nitrogen and oxygen atoms in total. The molecule has 2 aromatic rings. The largest absolute Gasteiger partial charge is 0.493 e. The zero-order chi connectivity index (χ0) is 16.3. The molecule has 2 saturated heterocycles. The molecule has 5 rings (SSSR count). The van der Waals surface area contributed by atoms with E-state index in [1.54, 1.807) is 11.3 Å². The van der Waals surface area contributed by atoms with E-state index in [9.17, 15) is 4.79 Å². The first-order chi connectivity index (χ1) is 11.7. The molecule has 1 aromatic carbocycles. The fourth-order valence-corrected chi connectivity index (χ4v) is 4.95.